The number of pyridine rings is 1. The van der Waals surface area contributed by atoms with E-state index in [1.807, 2.05) is 14.1 Å². The largest absolute Gasteiger partial charge is 0.492 e. The number of hydrogen-bond donors (Lipinski definition) is 0. The third kappa shape index (κ3) is 4.10. The standard InChI is InChI=1S/C9H13ClN2O/c1-12(2)5-6-13-8-3-4-11-9(10)7-8/h3-4,7H,5-6H2,1-2H3. The van der Waals surface area contributed by atoms with Gasteiger partial charge in [0.15, 0.2) is 0 Å². The molecule has 1 heterocycles. The molecule has 1 aromatic rings. The quantitative estimate of drug-likeness (QED) is 0.692. The van der Waals surface area contributed by atoms with Crippen molar-refractivity contribution >= 4 is 11.6 Å². The highest BCUT2D eigenvalue weighted by Gasteiger charge is 1.95. The average Bonchev–Trinajstić information content (AvgIpc) is 2.03. The summed E-state index contributed by atoms with van der Waals surface area (Å²) in [7, 11) is 4.01. The summed E-state index contributed by atoms with van der Waals surface area (Å²) in [5.74, 6) is 0.766. The second kappa shape index (κ2) is 5.04. The fraction of sp³-hybridized carbons (Fsp3) is 0.444. The number of aromatic nitrogens is 1. The van der Waals surface area contributed by atoms with Crippen LogP contribution in [-0.4, -0.2) is 37.1 Å². The molecular weight excluding hydrogens is 188 g/mol. The van der Waals surface area contributed by atoms with Crippen molar-refractivity contribution in [1.82, 2.24) is 9.88 Å². The van der Waals surface area contributed by atoms with Crippen LogP contribution in [0.5, 0.6) is 5.75 Å². The van der Waals surface area contributed by atoms with Crippen LogP contribution in [0.1, 0.15) is 0 Å². The summed E-state index contributed by atoms with van der Waals surface area (Å²) < 4.78 is 5.43. The lowest BCUT2D eigenvalue weighted by Crippen LogP contribution is -2.19. The average molecular weight is 201 g/mol. The minimum Gasteiger partial charge on any atom is -0.492 e. The Bertz CT molecular complexity index is 266. The van der Waals surface area contributed by atoms with Crippen molar-refractivity contribution in [2.24, 2.45) is 0 Å². The second-order valence-electron chi connectivity index (χ2n) is 2.97. The summed E-state index contributed by atoms with van der Waals surface area (Å²) in [6, 6.07) is 3.50. The van der Waals surface area contributed by atoms with E-state index in [9.17, 15) is 0 Å². The molecule has 0 bridgehead atoms. The topological polar surface area (TPSA) is 25.4 Å². The number of halogens is 1. The van der Waals surface area contributed by atoms with E-state index in [1.165, 1.54) is 0 Å². The van der Waals surface area contributed by atoms with Gasteiger partial charge in [-0.05, 0) is 20.2 Å². The Morgan fingerprint density at radius 1 is 1.54 bits per heavy atom. The molecule has 1 aromatic heterocycles. The Hall–Kier alpha value is -0.800. The number of hydrogen-bond acceptors (Lipinski definition) is 3. The molecule has 0 spiro atoms. The van der Waals surface area contributed by atoms with Gasteiger partial charge in [0.2, 0.25) is 0 Å². The number of nitrogens with zero attached hydrogens (tertiary/aromatic N) is 2. The maximum atomic E-state index is 5.68. The van der Waals surface area contributed by atoms with E-state index in [4.69, 9.17) is 16.3 Å². The van der Waals surface area contributed by atoms with Gasteiger partial charge in [-0.3, -0.25) is 0 Å². The van der Waals surface area contributed by atoms with Crippen molar-refractivity contribution in [3.8, 4) is 5.75 Å². The Balaban J connectivity index is 2.37. The van der Waals surface area contributed by atoms with Crippen molar-refractivity contribution in [1.29, 1.82) is 0 Å². The molecule has 0 atom stereocenters. The van der Waals surface area contributed by atoms with E-state index in [-0.39, 0.29) is 0 Å². The lowest BCUT2D eigenvalue weighted by molar-refractivity contribution is 0.261. The Morgan fingerprint density at radius 2 is 2.31 bits per heavy atom. The summed E-state index contributed by atoms with van der Waals surface area (Å²) in [5.41, 5.74) is 0. The van der Waals surface area contributed by atoms with Gasteiger partial charge < -0.3 is 9.64 Å². The third-order valence-corrected chi connectivity index (χ3v) is 1.71. The first-order valence-corrected chi connectivity index (χ1v) is 4.45. The number of ether oxygens (including phenoxy) is 1. The molecule has 0 aliphatic rings. The minimum atomic E-state index is 0.461. The fourth-order valence-corrected chi connectivity index (χ4v) is 0.984. The smallest absolute Gasteiger partial charge is 0.132 e. The first kappa shape index (κ1) is 10.3. The zero-order chi connectivity index (χ0) is 9.68. The summed E-state index contributed by atoms with van der Waals surface area (Å²) in [6.07, 6.45) is 1.63. The van der Waals surface area contributed by atoms with Crippen LogP contribution < -0.4 is 4.74 Å². The molecule has 0 unspecified atom stereocenters. The van der Waals surface area contributed by atoms with Gasteiger partial charge >= 0.3 is 0 Å². The summed E-state index contributed by atoms with van der Waals surface area (Å²) in [6.45, 7) is 1.55. The van der Waals surface area contributed by atoms with Crippen LogP contribution in [0.25, 0.3) is 0 Å². The van der Waals surface area contributed by atoms with Crippen LogP contribution in [0, 0.1) is 0 Å². The predicted molar refractivity (Wildman–Crippen MR) is 53.3 cm³/mol. The molecule has 0 radical (unpaired) electrons. The predicted octanol–water partition coefficient (Wildman–Crippen LogP) is 1.68. The van der Waals surface area contributed by atoms with Crippen LogP contribution >= 0.6 is 11.6 Å². The second-order valence-corrected chi connectivity index (χ2v) is 3.35. The zero-order valence-corrected chi connectivity index (χ0v) is 8.58. The lowest BCUT2D eigenvalue weighted by atomic mass is 10.4. The van der Waals surface area contributed by atoms with E-state index in [0.29, 0.717) is 11.8 Å². The summed E-state index contributed by atoms with van der Waals surface area (Å²) in [4.78, 5) is 5.92. The Morgan fingerprint density at radius 3 is 2.92 bits per heavy atom. The van der Waals surface area contributed by atoms with Gasteiger partial charge in [-0.15, -0.1) is 0 Å². The highest BCUT2D eigenvalue weighted by molar-refractivity contribution is 6.29. The molecule has 4 heteroatoms. The van der Waals surface area contributed by atoms with Crippen molar-refractivity contribution in [2.45, 2.75) is 0 Å². The normalized spacial score (nSPS) is 10.5. The molecular formula is C9H13ClN2O. The van der Waals surface area contributed by atoms with Crippen LogP contribution in [0.4, 0.5) is 0 Å². The fourth-order valence-electron chi connectivity index (χ4n) is 0.821. The van der Waals surface area contributed by atoms with E-state index >= 15 is 0 Å². The van der Waals surface area contributed by atoms with E-state index in [0.717, 1.165) is 12.3 Å². The van der Waals surface area contributed by atoms with Gasteiger partial charge in [0.1, 0.15) is 17.5 Å². The van der Waals surface area contributed by atoms with Crippen LogP contribution in [-0.2, 0) is 0 Å². The van der Waals surface area contributed by atoms with E-state index in [1.54, 1.807) is 18.3 Å². The zero-order valence-electron chi connectivity index (χ0n) is 7.83. The SMILES string of the molecule is CN(C)CCOc1ccnc(Cl)c1. The van der Waals surface area contributed by atoms with Gasteiger partial charge in [-0.25, -0.2) is 4.98 Å². The minimum absolute atomic E-state index is 0.461. The van der Waals surface area contributed by atoms with Crippen molar-refractivity contribution in [2.75, 3.05) is 27.2 Å². The Kier molecular flexibility index (Phi) is 3.99. The van der Waals surface area contributed by atoms with Crippen LogP contribution in [0.2, 0.25) is 5.15 Å². The van der Waals surface area contributed by atoms with Crippen molar-refractivity contribution in [3.05, 3.63) is 23.5 Å². The first-order valence-electron chi connectivity index (χ1n) is 4.07. The molecule has 0 aliphatic heterocycles. The van der Waals surface area contributed by atoms with Gasteiger partial charge in [0.25, 0.3) is 0 Å². The molecule has 0 aromatic carbocycles. The van der Waals surface area contributed by atoms with Crippen molar-refractivity contribution < 1.29 is 4.74 Å². The highest BCUT2D eigenvalue weighted by atomic mass is 35.5. The van der Waals surface area contributed by atoms with Crippen LogP contribution in [0.15, 0.2) is 18.3 Å². The summed E-state index contributed by atoms with van der Waals surface area (Å²) >= 11 is 5.68. The van der Waals surface area contributed by atoms with E-state index in [2.05, 4.69) is 9.88 Å². The van der Waals surface area contributed by atoms with E-state index < -0.39 is 0 Å². The highest BCUT2D eigenvalue weighted by Crippen LogP contribution is 2.13. The van der Waals surface area contributed by atoms with Gasteiger partial charge in [0, 0.05) is 18.8 Å². The molecule has 0 amide bonds. The van der Waals surface area contributed by atoms with Gasteiger partial charge in [-0.1, -0.05) is 11.6 Å². The first-order chi connectivity index (χ1) is 6.18. The molecule has 0 saturated heterocycles. The Labute approximate surface area is 83.3 Å². The molecule has 1 rings (SSSR count). The monoisotopic (exact) mass is 200 g/mol. The molecule has 0 N–H and O–H groups in total. The van der Waals surface area contributed by atoms with Gasteiger partial charge in [0.05, 0.1) is 0 Å². The van der Waals surface area contributed by atoms with Gasteiger partial charge in [-0.2, -0.15) is 0 Å². The lowest BCUT2D eigenvalue weighted by Gasteiger charge is -2.10. The molecule has 0 aliphatic carbocycles. The number of likely N-dealkylation sites (N-methyl/N-ethyl adjacent to an activating group) is 1. The summed E-state index contributed by atoms with van der Waals surface area (Å²) in [5, 5.41) is 0.461. The van der Waals surface area contributed by atoms with Crippen molar-refractivity contribution in [3.63, 3.8) is 0 Å². The molecule has 0 saturated carbocycles. The van der Waals surface area contributed by atoms with Crippen LogP contribution in [0.3, 0.4) is 0 Å². The molecule has 72 valence electrons. The molecule has 3 nitrogen and oxygen atoms in total. The maximum Gasteiger partial charge on any atom is 0.132 e. The number of rotatable bonds is 4. The molecule has 13 heavy (non-hydrogen) atoms. The third-order valence-electron chi connectivity index (χ3n) is 1.51. The maximum absolute atomic E-state index is 5.68. The molecule has 0 fully saturated rings.